The van der Waals surface area contributed by atoms with E-state index in [0.29, 0.717) is 17.7 Å². The Labute approximate surface area is 190 Å². The molecule has 0 aliphatic carbocycles. The monoisotopic (exact) mass is 473 g/mol. The van der Waals surface area contributed by atoms with E-state index in [1.54, 1.807) is 61.1 Å². The predicted octanol–water partition coefficient (Wildman–Crippen LogP) is 2.09. The first-order valence-corrected chi connectivity index (χ1v) is 11.9. The lowest BCUT2D eigenvalue weighted by Crippen LogP contribution is -2.37. The van der Waals surface area contributed by atoms with Crippen LogP contribution in [0.4, 0.5) is 5.82 Å². The Morgan fingerprint density at radius 3 is 2.76 bits per heavy atom. The minimum absolute atomic E-state index is 0.0724. The molecule has 0 saturated carbocycles. The molecule has 3 atom stereocenters. The predicted molar refractivity (Wildman–Crippen MR) is 119 cm³/mol. The number of nitrogens with two attached hydrogens (primary N) is 1. The second-order valence-corrected chi connectivity index (χ2v) is 9.00. The van der Waals surface area contributed by atoms with E-state index >= 15 is 0 Å². The minimum atomic E-state index is -3.86. The molecule has 0 spiro atoms. The minimum Gasteiger partial charge on any atom is -0.464 e. The van der Waals surface area contributed by atoms with Gasteiger partial charge in [0.25, 0.3) is 0 Å². The van der Waals surface area contributed by atoms with Gasteiger partial charge in [0.15, 0.2) is 11.5 Å². The molecule has 0 radical (unpaired) electrons. The van der Waals surface area contributed by atoms with Crippen LogP contribution in [0.3, 0.4) is 0 Å². The maximum absolute atomic E-state index is 13.6. The van der Waals surface area contributed by atoms with Crippen LogP contribution < -0.4 is 15.3 Å². The topological polar surface area (TPSA) is 167 Å². The number of aromatic nitrogens is 4. The van der Waals surface area contributed by atoms with E-state index in [1.165, 1.54) is 6.33 Å². The highest BCUT2D eigenvalue weighted by atomic mass is 31.2. The second kappa shape index (κ2) is 10.9. The molecule has 0 fully saturated rings. The smallest absolute Gasteiger partial charge is 0.343 e. The molecule has 0 bridgehead atoms. The van der Waals surface area contributed by atoms with Gasteiger partial charge in [-0.25, -0.2) is 24.8 Å². The largest absolute Gasteiger partial charge is 0.464 e. The van der Waals surface area contributed by atoms with Gasteiger partial charge >= 0.3 is 13.5 Å². The van der Waals surface area contributed by atoms with Gasteiger partial charge in [0.2, 0.25) is 6.04 Å². The van der Waals surface area contributed by atoms with Crippen molar-refractivity contribution in [2.45, 2.75) is 32.5 Å². The first-order chi connectivity index (χ1) is 15.8. The van der Waals surface area contributed by atoms with E-state index in [1.807, 2.05) is 0 Å². The Morgan fingerprint density at radius 2 is 2.06 bits per heavy atom. The summed E-state index contributed by atoms with van der Waals surface area (Å²) in [6.07, 6.45) is 2.02. The van der Waals surface area contributed by atoms with Gasteiger partial charge in [-0.1, -0.05) is 18.2 Å². The van der Waals surface area contributed by atoms with Crippen LogP contribution in [-0.2, 0) is 25.4 Å². The van der Waals surface area contributed by atoms with E-state index < -0.39 is 32.0 Å². The Morgan fingerprint density at radius 1 is 1.30 bits per heavy atom. The van der Waals surface area contributed by atoms with Crippen LogP contribution in [0, 0.1) is 11.3 Å². The van der Waals surface area contributed by atoms with Crippen LogP contribution in [0.15, 0.2) is 43.0 Å². The number of hydrogen-bond acceptors (Lipinski definition) is 10. The number of nitrogen functional groups attached to an aromatic ring is 1. The van der Waals surface area contributed by atoms with E-state index in [2.05, 4.69) is 20.0 Å². The van der Waals surface area contributed by atoms with Gasteiger partial charge in [0.1, 0.15) is 23.9 Å². The lowest BCUT2D eigenvalue weighted by molar-refractivity contribution is -0.143. The number of ether oxygens (including phenoxy) is 2. The van der Waals surface area contributed by atoms with E-state index in [0.717, 1.165) is 0 Å². The molecule has 2 heterocycles. The third kappa shape index (κ3) is 6.26. The fourth-order valence-electron chi connectivity index (χ4n) is 2.89. The number of benzene rings is 1. The van der Waals surface area contributed by atoms with Crippen LogP contribution in [0.2, 0.25) is 0 Å². The van der Waals surface area contributed by atoms with E-state index in [-0.39, 0.29) is 18.2 Å². The molecule has 0 aliphatic heterocycles. The summed E-state index contributed by atoms with van der Waals surface area (Å²) in [6.45, 7) is 3.76. The van der Waals surface area contributed by atoms with Gasteiger partial charge in [0.05, 0.1) is 31.7 Å². The summed E-state index contributed by atoms with van der Waals surface area (Å²) < 4.78 is 31.6. The summed E-state index contributed by atoms with van der Waals surface area (Å²) in [6, 6.07) is 8.64. The summed E-state index contributed by atoms with van der Waals surface area (Å²) in [4.78, 5) is 24.3. The first-order valence-electron chi connectivity index (χ1n) is 10.1. The van der Waals surface area contributed by atoms with Gasteiger partial charge in [-0.05, 0) is 26.0 Å². The van der Waals surface area contributed by atoms with Crippen LogP contribution >= 0.6 is 7.52 Å². The zero-order valence-electron chi connectivity index (χ0n) is 18.1. The fraction of sp³-hybridized carbons (Fsp3) is 0.350. The number of hydrogen-bond donors (Lipinski definition) is 2. The van der Waals surface area contributed by atoms with Crippen LogP contribution in [0.1, 0.15) is 13.8 Å². The molecule has 0 aliphatic rings. The van der Waals surface area contributed by atoms with Gasteiger partial charge in [-0.3, -0.25) is 4.57 Å². The quantitative estimate of drug-likeness (QED) is 0.309. The Balaban J connectivity index is 1.73. The Kier molecular flexibility index (Phi) is 7.95. The molecule has 12 nitrogen and oxygen atoms in total. The number of anilines is 1. The first kappa shape index (κ1) is 24.1. The molecule has 174 valence electrons. The molecule has 3 aromatic rings. The zero-order valence-corrected chi connectivity index (χ0v) is 19.0. The van der Waals surface area contributed by atoms with Crippen molar-refractivity contribution in [1.29, 1.82) is 5.26 Å². The standard InChI is InChI=1S/C20H24N7O5P/c1-3-30-20(28)16(9-21)26-33(29,32-15-7-5-4-6-8-15)13-31-14(2)10-27-12-25-17-18(22)23-11-24-19(17)27/h4-8,11-12,14,16H,3,10,13H2,1-2H3,(H,26,29)(H2,22,23,24)/t14-,16?,33?/m1/s1. The molecular formula is C20H24N7O5P. The summed E-state index contributed by atoms with van der Waals surface area (Å²) >= 11 is 0. The van der Waals surface area contributed by atoms with Gasteiger partial charge in [0, 0.05) is 0 Å². The van der Waals surface area contributed by atoms with Crippen LogP contribution in [0.25, 0.3) is 11.2 Å². The average molecular weight is 473 g/mol. The Bertz CT molecular complexity index is 1180. The van der Waals surface area contributed by atoms with E-state index in [4.69, 9.17) is 19.7 Å². The maximum atomic E-state index is 13.6. The molecule has 2 aromatic heterocycles. The summed E-state index contributed by atoms with van der Waals surface area (Å²) in [5.74, 6) is -0.302. The number of esters is 1. The number of nitriles is 1. The lowest BCUT2D eigenvalue weighted by Gasteiger charge is -2.24. The van der Waals surface area contributed by atoms with Crippen molar-refractivity contribution in [3.63, 3.8) is 0 Å². The highest BCUT2D eigenvalue weighted by molar-refractivity contribution is 7.57. The van der Waals surface area contributed by atoms with E-state index in [9.17, 15) is 14.6 Å². The maximum Gasteiger partial charge on any atom is 0.343 e. The molecule has 13 heteroatoms. The molecule has 0 amide bonds. The molecule has 3 rings (SSSR count). The molecule has 2 unspecified atom stereocenters. The summed E-state index contributed by atoms with van der Waals surface area (Å²) in [5, 5.41) is 11.8. The number of nitrogens with zero attached hydrogens (tertiary/aromatic N) is 5. The Hall–Kier alpha value is -3.52. The number of nitrogens with one attached hydrogen (secondary N) is 1. The number of fused-ring (bicyclic) bond motifs is 1. The third-order valence-corrected chi connectivity index (χ3v) is 6.03. The number of para-hydroxylation sites is 1. The lowest BCUT2D eigenvalue weighted by atomic mass is 10.3. The summed E-state index contributed by atoms with van der Waals surface area (Å²) in [7, 11) is -3.86. The van der Waals surface area contributed by atoms with Crippen molar-refractivity contribution >= 4 is 30.5 Å². The van der Waals surface area contributed by atoms with Crippen molar-refractivity contribution in [3.05, 3.63) is 43.0 Å². The van der Waals surface area contributed by atoms with Crippen molar-refractivity contribution < 1.29 is 23.4 Å². The average Bonchev–Trinajstić information content (AvgIpc) is 3.21. The number of imidazole rings is 1. The number of carbonyl (C=O) groups excluding carboxylic acids is 1. The summed E-state index contributed by atoms with van der Waals surface area (Å²) in [5.41, 5.74) is 6.81. The van der Waals surface area contributed by atoms with Crippen molar-refractivity contribution in [2.75, 3.05) is 18.7 Å². The molecule has 33 heavy (non-hydrogen) atoms. The number of rotatable bonds is 11. The zero-order chi connectivity index (χ0) is 23.8. The van der Waals surface area contributed by atoms with Gasteiger partial charge < -0.3 is 24.3 Å². The second-order valence-electron chi connectivity index (χ2n) is 6.96. The normalized spacial score (nSPS) is 14.7. The van der Waals surface area contributed by atoms with Gasteiger partial charge in [-0.15, -0.1) is 0 Å². The molecule has 3 N–H and O–H groups in total. The highest BCUT2D eigenvalue weighted by Crippen LogP contribution is 2.44. The molecule has 0 saturated heterocycles. The third-order valence-electron chi connectivity index (χ3n) is 4.39. The molecule has 1 aromatic carbocycles. The SMILES string of the molecule is CCOC(=O)C(C#N)NP(=O)(CO[C@H](C)Cn1cnc2c(N)ncnc21)Oc1ccccc1. The fourth-order valence-corrected chi connectivity index (χ4v) is 4.54. The highest BCUT2D eigenvalue weighted by Gasteiger charge is 2.34. The van der Waals surface area contributed by atoms with Crippen LogP contribution in [-0.4, -0.2) is 50.6 Å². The molecular weight excluding hydrogens is 449 g/mol. The van der Waals surface area contributed by atoms with Crippen molar-refractivity contribution in [2.24, 2.45) is 0 Å². The van der Waals surface area contributed by atoms with Crippen LogP contribution in [0.5, 0.6) is 5.75 Å². The van der Waals surface area contributed by atoms with Crippen molar-refractivity contribution in [3.8, 4) is 11.8 Å². The number of carbonyl (C=O) groups is 1. The van der Waals surface area contributed by atoms with Crippen molar-refractivity contribution in [1.82, 2.24) is 24.6 Å². The van der Waals surface area contributed by atoms with Gasteiger partial charge in [-0.2, -0.15) is 5.26 Å².